The Labute approximate surface area is 169 Å². The Morgan fingerprint density at radius 1 is 1.29 bits per heavy atom. The highest BCUT2D eigenvalue weighted by Gasteiger charge is 2.19. The lowest BCUT2D eigenvalue weighted by molar-refractivity contribution is 0.102. The molecule has 0 spiro atoms. The number of hydrogen-bond donors (Lipinski definition) is 1. The number of thiazole rings is 1. The van der Waals surface area contributed by atoms with Crippen LogP contribution in [0.2, 0.25) is 0 Å². The molecule has 1 amide bonds. The molecule has 146 valence electrons. The smallest absolute Gasteiger partial charge is 0.290 e. The fraction of sp³-hybridized carbons (Fsp3) is 0.211. The summed E-state index contributed by atoms with van der Waals surface area (Å²) >= 11 is 1.56. The van der Waals surface area contributed by atoms with Gasteiger partial charge in [0.2, 0.25) is 0 Å². The van der Waals surface area contributed by atoms with E-state index >= 15 is 0 Å². The number of hydrogen-bond acceptors (Lipinski definition) is 6. The number of alkyl halides is 2. The molecule has 0 aliphatic heterocycles. The standard InChI is InChI=1S/C19H17F2N3O2S2/c1-3-26-13-8-6-12(7-9-13)15-11(2)27-19(23-15)24-16(25)14-5-4-10-22-17(14)28-18(20)21/h4-10,18H,3H2,1-2H3,(H,23,24,25). The third kappa shape index (κ3) is 4.85. The van der Waals surface area contributed by atoms with Crippen LogP contribution in [0.3, 0.4) is 0 Å². The molecular formula is C19H17F2N3O2S2. The molecule has 0 fully saturated rings. The molecule has 0 aliphatic rings. The zero-order valence-electron chi connectivity index (χ0n) is 15.1. The van der Waals surface area contributed by atoms with Crippen LogP contribution in [0.1, 0.15) is 22.2 Å². The number of ether oxygens (including phenoxy) is 1. The van der Waals surface area contributed by atoms with Gasteiger partial charge in [0.15, 0.2) is 5.13 Å². The van der Waals surface area contributed by atoms with Crippen molar-refractivity contribution in [3.63, 3.8) is 0 Å². The molecular weight excluding hydrogens is 404 g/mol. The van der Waals surface area contributed by atoms with Crippen LogP contribution in [0, 0.1) is 6.92 Å². The largest absolute Gasteiger partial charge is 0.494 e. The number of amides is 1. The first-order valence-electron chi connectivity index (χ1n) is 8.39. The summed E-state index contributed by atoms with van der Waals surface area (Å²) in [5.74, 6) is -2.41. The monoisotopic (exact) mass is 421 g/mol. The molecule has 0 saturated heterocycles. The van der Waals surface area contributed by atoms with Crippen molar-refractivity contribution in [2.24, 2.45) is 0 Å². The number of nitrogens with zero attached hydrogens (tertiary/aromatic N) is 2. The van der Waals surface area contributed by atoms with Crippen LogP contribution >= 0.6 is 23.1 Å². The van der Waals surface area contributed by atoms with Gasteiger partial charge in [-0.1, -0.05) is 0 Å². The first-order chi connectivity index (χ1) is 13.5. The molecule has 0 aliphatic carbocycles. The number of aromatic nitrogens is 2. The van der Waals surface area contributed by atoms with Gasteiger partial charge in [-0.05, 0) is 62.0 Å². The molecule has 5 nitrogen and oxygen atoms in total. The third-order valence-corrected chi connectivity index (χ3v) is 5.29. The summed E-state index contributed by atoms with van der Waals surface area (Å²) in [4.78, 5) is 21.8. The van der Waals surface area contributed by atoms with E-state index in [4.69, 9.17) is 4.74 Å². The number of pyridine rings is 1. The van der Waals surface area contributed by atoms with Crippen LogP contribution in [0.5, 0.6) is 5.75 Å². The van der Waals surface area contributed by atoms with Gasteiger partial charge >= 0.3 is 0 Å². The Bertz CT molecular complexity index is 962. The number of anilines is 1. The maximum atomic E-state index is 12.7. The van der Waals surface area contributed by atoms with Crippen molar-refractivity contribution in [2.75, 3.05) is 11.9 Å². The summed E-state index contributed by atoms with van der Waals surface area (Å²) in [6, 6.07) is 10.5. The van der Waals surface area contributed by atoms with Gasteiger partial charge in [0.25, 0.3) is 11.7 Å². The topological polar surface area (TPSA) is 64.1 Å². The molecule has 2 heterocycles. The Kier molecular flexibility index (Phi) is 6.58. The molecule has 3 rings (SSSR count). The van der Waals surface area contributed by atoms with E-state index in [2.05, 4.69) is 15.3 Å². The Hall–Kier alpha value is -2.52. The zero-order valence-corrected chi connectivity index (χ0v) is 16.7. The lowest BCUT2D eigenvalue weighted by atomic mass is 10.1. The number of nitrogens with one attached hydrogen (secondary N) is 1. The van der Waals surface area contributed by atoms with Gasteiger partial charge in [-0.2, -0.15) is 8.78 Å². The normalized spacial score (nSPS) is 10.9. The van der Waals surface area contributed by atoms with Gasteiger partial charge in [0.05, 0.1) is 17.9 Å². The number of carbonyl (C=O) groups is 1. The number of rotatable bonds is 7. The second-order valence-corrected chi connectivity index (χ2v) is 7.75. The molecule has 0 atom stereocenters. The average Bonchev–Trinajstić information content (AvgIpc) is 3.02. The van der Waals surface area contributed by atoms with E-state index in [1.54, 1.807) is 0 Å². The van der Waals surface area contributed by atoms with Crippen LogP contribution in [-0.4, -0.2) is 28.2 Å². The molecule has 0 radical (unpaired) electrons. The van der Waals surface area contributed by atoms with Crippen molar-refractivity contribution in [1.29, 1.82) is 0 Å². The fourth-order valence-electron chi connectivity index (χ4n) is 2.50. The molecule has 0 unspecified atom stereocenters. The van der Waals surface area contributed by atoms with Crippen molar-refractivity contribution >= 4 is 34.1 Å². The highest BCUT2D eigenvalue weighted by atomic mass is 32.2. The predicted molar refractivity (Wildman–Crippen MR) is 108 cm³/mol. The summed E-state index contributed by atoms with van der Waals surface area (Å²) in [6.07, 6.45) is 1.37. The van der Waals surface area contributed by atoms with Crippen LogP contribution in [-0.2, 0) is 0 Å². The van der Waals surface area contributed by atoms with E-state index in [9.17, 15) is 13.6 Å². The summed E-state index contributed by atoms with van der Waals surface area (Å²) in [7, 11) is 0. The van der Waals surface area contributed by atoms with Gasteiger partial charge in [0, 0.05) is 16.6 Å². The maximum absolute atomic E-state index is 12.7. The fourth-order valence-corrected chi connectivity index (χ4v) is 3.91. The first-order valence-corrected chi connectivity index (χ1v) is 10.1. The molecule has 3 aromatic rings. The van der Waals surface area contributed by atoms with E-state index in [-0.39, 0.29) is 22.4 Å². The van der Waals surface area contributed by atoms with Crippen molar-refractivity contribution in [2.45, 2.75) is 24.6 Å². The summed E-state index contributed by atoms with van der Waals surface area (Å²) in [5, 5.41) is 3.05. The third-order valence-electron chi connectivity index (χ3n) is 3.67. The Balaban J connectivity index is 1.79. The molecule has 9 heteroatoms. The molecule has 2 aromatic heterocycles. The number of thioether (sulfide) groups is 1. The quantitative estimate of drug-likeness (QED) is 0.512. The minimum atomic E-state index is -2.66. The highest BCUT2D eigenvalue weighted by molar-refractivity contribution is 7.99. The average molecular weight is 421 g/mol. The first kappa shape index (κ1) is 20.2. The van der Waals surface area contributed by atoms with E-state index in [1.807, 2.05) is 38.1 Å². The second kappa shape index (κ2) is 9.11. The molecule has 0 bridgehead atoms. The summed E-state index contributed by atoms with van der Waals surface area (Å²) in [6.45, 7) is 4.41. The Morgan fingerprint density at radius 2 is 2.04 bits per heavy atom. The predicted octanol–water partition coefficient (Wildman–Crippen LogP) is 5.48. The zero-order chi connectivity index (χ0) is 20.1. The van der Waals surface area contributed by atoms with E-state index < -0.39 is 11.7 Å². The maximum Gasteiger partial charge on any atom is 0.290 e. The number of benzene rings is 1. The van der Waals surface area contributed by atoms with E-state index in [0.717, 1.165) is 21.9 Å². The van der Waals surface area contributed by atoms with Gasteiger partial charge in [-0.15, -0.1) is 11.3 Å². The van der Waals surface area contributed by atoms with Crippen LogP contribution < -0.4 is 10.1 Å². The molecule has 1 aromatic carbocycles. The number of halogens is 2. The minimum absolute atomic E-state index is 0.0185. The van der Waals surface area contributed by atoms with E-state index in [1.165, 1.54) is 29.7 Å². The summed E-state index contributed by atoms with van der Waals surface area (Å²) < 4.78 is 30.8. The van der Waals surface area contributed by atoms with Crippen molar-refractivity contribution in [1.82, 2.24) is 9.97 Å². The molecule has 28 heavy (non-hydrogen) atoms. The highest BCUT2D eigenvalue weighted by Crippen LogP contribution is 2.32. The van der Waals surface area contributed by atoms with Gasteiger partial charge in [-0.25, -0.2) is 9.97 Å². The number of carbonyl (C=O) groups excluding carboxylic acids is 1. The number of aryl methyl sites for hydroxylation is 1. The van der Waals surface area contributed by atoms with Crippen molar-refractivity contribution in [3.8, 4) is 17.0 Å². The molecule has 0 saturated carbocycles. The van der Waals surface area contributed by atoms with Crippen molar-refractivity contribution in [3.05, 3.63) is 53.0 Å². The van der Waals surface area contributed by atoms with Gasteiger partial charge in [0.1, 0.15) is 10.8 Å². The van der Waals surface area contributed by atoms with Gasteiger partial charge in [-0.3, -0.25) is 10.1 Å². The summed E-state index contributed by atoms with van der Waals surface area (Å²) in [5.41, 5.74) is 1.73. The van der Waals surface area contributed by atoms with Crippen LogP contribution in [0.15, 0.2) is 47.6 Å². The molecule has 1 N–H and O–H groups in total. The SMILES string of the molecule is CCOc1ccc(-c2nc(NC(=O)c3cccnc3SC(F)F)sc2C)cc1. The van der Waals surface area contributed by atoms with Gasteiger partial charge < -0.3 is 4.74 Å². The lowest BCUT2D eigenvalue weighted by Gasteiger charge is -2.06. The van der Waals surface area contributed by atoms with Crippen LogP contribution in [0.4, 0.5) is 13.9 Å². The van der Waals surface area contributed by atoms with E-state index in [0.29, 0.717) is 11.7 Å². The van der Waals surface area contributed by atoms with Crippen LogP contribution in [0.25, 0.3) is 11.3 Å². The van der Waals surface area contributed by atoms with Crippen molar-refractivity contribution < 1.29 is 18.3 Å². The second-order valence-electron chi connectivity index (χ2n) is 5.57. The minimum Gasteiger partial charge on any atom is -0.494 e. The Morgan fingerprint density at radius 3 is 2.71 bits per heavy atom. The lowest BCUT2D eigenvalue weighted by Crippen LogP contribution is -2.13.